The zero-order valence-electron chi connectivity index (χ0n) is 7.67. The minimum Gasteiger partial charge on any atom is -0.390 e. The van der Waals surface area contributed by atoms with E-state index in [-0.39, 0.29) is 5.88 Å². The van der Waals surface area contributed by atoms with Crippen LogP contribution in [0, 0.1) is 0 Å². The fourth-order valence-electron chi connectivity index (χ4n) is 0.822. The van der Waals surface area contributed by atoms with Crippen molar-refractivity contribution in [3.63, 3.8) is 0 Å². The first kappa shape index (κ1) is 11.9. The number of aliphatic hydroxyl groups is 1. The number of hydrogen-bond acceptors (Lipinski definition) is 2. The highest BCUT2D eigenvalue weighted by molar-refractivity contribution is 6.18. The molecule has 0 bridgehead atoms. The van der Waals surface area contributed by atoms with Crippen LogP contribution in [0.2, 0.25) is 0 Å². The van der Waals surface area contributed by atoms with E-state index in [0.717, 1.165) is 6.42 Å². The zero-order chi connectivity index (χ0) is 9.23. The zero-order valence-corrected chi connectivity index (χ0v) is 8.43. The highest BCUT2D eigenvalue weighted by Gasteiger charge is 1.96. The Morgan fingerprint density at radius 2 is 2.25 bits per heavy atom. The molecule has 0 aliphatic carbocycles. The van der Waals surface area contributed by atoms with Crippen LogP contribution in [0.4, 0.5) is 0 Å². The van der Waals surface area contributed by atoms with Gasteiger partial charge in [-0.25, -0.2) is 0 Å². The lowest BCUT2D eigenvalue weighted by Crippen LogP contribution is -2.12. The van der Waals surface area contributed by atoms with Gasteiger partial charge < -0.3 is 5.11 Å². The summed E-state index contributed by atoms with van der Waals surface area (Å²) in [6.07, 6.45) is 6.10. The van der Waals surface area contributed by atoms with E-state index in [1.165, 1.54) is 19.3 Å². The highest BCUT2D eigenvalue weighted by atomic mass is 35.5. The summed E-state index contributed by atoms with van der Waals surface area (Å²) in [6.45, 7) is 2.62. The first-order valence-electron chi connectivity index (χ1n) is 4.53. The Balaban J connectivity index is 3.13. The standard InChI is InChI=1S/C9H18ClNO/c1-2-3-4-5-6-11-8-9(12)7-10/h6,9,12H,2-5,7-8H2,1H3/b11-6+/t9-/m1/s1. The topological polar surface area (TPSA) is 32.6 Å². The number of nitrogens with zero attached hydrogens (tertiary/aromatic N) is 1. The summed E-state index contributed by atoms with van der Waals surface area (Å²) < 4.78 is 0. The van der Waals surface area contributed by atoms with Crippen molar-refractivity contribution in [2.45, 2.75) is 38.7 Å². The SMILES string of the molecule is CCCCC/C=N/C[C@H](O)CCl. The van der Waals surface area contributed by atoms with Crippen LogP contribution in [0.5, 0.6) is 0 Å². The Morgan fingerprint density at radius 1 is 1.50 bits per heavy atom. The largest absolute Gasteiger partial charge is 0.390 e. The molecule has 0 amide bonds. The number of hydrogen-bond donors (Lipinski definition) is 1. The number of halogens is 1. The molecule has 0 aromatic heterocycles. The smallest absolute Gasteiger partial charge is 0.0870 e. The molecule has 0 aromatic carbocycles. The van der Waals surface area contributed by atoms with Crippen molar-refractivity contribution in [3.05, 3.63) is 0 Å². The van der Waals surface area contributed by atoms with Gasteiger partial charge in [0.1, 0.15) is 0 Å². The van der Waals surface area contributed by atoms with E-state index in [4.69, 9.17) is 16.7 Å². The Morgan fingerprint density at radius 3 is 2.83 bits per heavy atom. The lowest BCUT2D eigenvalue weighted by molar-refractivity contribution is 0.207. The van der Waals surface area contributed by atoms with Gasteiger partial charge in [-0.15, -0.1) is 11.6 Å². The molecule has 0 fully saturated rings. The maximum atomic E-state index is 9.01. The third-order valence-corrected chi connectivity index (χ3v) is 1.92. The number of unbranched alkanes of at least 4 members (excludes halogenated alkanes) is 3. The van der Waals surface area contributed by atoms with Crippen LogP contribution >= 0.6 is 11.6 Å². The predicted octanol–water partition coefficient (Wildman–Crippen LogP) is 2.24. The lowest BCUT2D eigenvalue weighted by Gasteiger charge is -1.99. The minimum atomic E-state index is -0.478. The van der Waals surface area contributed by atoms with Gasteiger partial charge in [0.15, 0.2) is 0 Å². The summed E-state index contributed by atoms with van der Waals surface area (Å²) in [5.41, 5.74) is 0. The summed E-state index contributed by atoms with van der Waals surface area (Å²) in [5.74, 6) is 0.270. The van der Waals surface area contributed by atoms with Gasteiger partial charge in [0.25, 0.3) is 0 Å². The van der Waals surface area contributed by atoms with Crippen molar-refractivity contribution in [1.82, 2.24) is 0 Å². The molecule has 1 N–H and O–H groups in total. The minimum absolute atomic E-state index is 0.270. The number of aliphatic hydroxyl groups excluding tert-OH is 1. The maximum absolute atomic E-state index is 9.01. The van der Waals surface area contributed by atoms with E-state index < -0.39 is 6.10 Å². The molecule has 0 saturated heterocycles. The molecule has 1 atom stereocenters. The van der Waals surface area contributed by atoms with E-state index in [2.05, 4.69) is 11.9 Å². The van der Waals surface area contributed by atoms with Crippen molar-refractivity contribution in [1.29, 1.82) is 0 Å². The average Bonchev–Trinajstić information content (AvgIpc) is 2.10. The fourth-order valence-corrected chi connectivity index (χ4v) is 0.920. The molecule has 0 heterocycles. The van der Waals surface area contributed by atoms with Crippen LogP contribution in [0.25, 0.3) is 0 Å². The van der Waals surface area contributed by atoms with Crippen LogP contribution in [-0.4, -0.2) is 29.8 Å². The first-order chi connectivity index (χ1) is 5.81. The summed E-state index contributed by atoms with van der Waals surface area (Å²) in [7, 11) is 0. The van der Waals surface area contributed by atoms with Crippen molar-refractivity contribution in [2.75, 3.05) is 12.4 Å². The van der Waals surface area contributed by atoms with Gasteiger partial charge in [0.05, 0.1) is 18.5 Å². The van der Waals surface area contributed by atoms with Crippen molar-refractivity contribution in [2.24, 2.45) is 4.99 Å². The lowest BCUT2D eigenvalue weighted by atomic mass is 10.2. The van der Waals surface area contributed by atoms with Crippen LogP contribution < -0.4 is 0 Å². The van der Waals surface area contributed by atoms with Crippen LogP contribution in [0.1, 0.15) is 32.6 Å². The summed E-state index contributed by atoms with van der Waals surface area (Å²) in [4.78, 5) is 4.05. The van der Waals surface area contributed by atoms with E-state index in [1.807, 2.05) is 6.21 Å². The quantitative estimate of drug-likeness (QED) is 0.374. The van der Waals surface area contributed by atoms with Gasteiger partial charge in [-0.1, -0.05) is 19.8 Å². The molecule has 0 spiro atoms. The van der Waals surface area contributed by atoms with Gasteiger partial charge in [-0.3, -0.25) is 4.99 Å². The van der Waals surface area contributed by atoms with Gasteiger partial charge in [-0.2, -0.15) is 0 Å². The van der Waals surface area contributed by atoms with Gasteiger partial charge in [-0.05, 0) is 19.1 Å². The third-order valence-electron chi connectivity index (χ3n) is 1.56. The molecule has 0 aliphatic heterocycles. The molecule has 12 heavy (non-hydrogen) atoms. The summed E-state index contributed by atoms with van der Waals surface area (Å²) in [6, 6.07) is 0. The molecule has 0 unspecified atom stereocenters. The summed E-state index contributed by atoms with van der Waals surface area (Å²) in [5, 5.41) is 9.01. The second kappa shape index (κ2) is 9.01. The first-order valence-corrected chi connectivity index (χ1v) is 5.07. The predicted molar refractivity (Wildman–Crippen MR) is 54.2 cm³/mol. The van der Waals surface area contributed by atoms with E-state index >= 15 is 0 Å². The van der Waals surface area contributed by atoms with E-state index in [1.54, 1.807) is 0 Å². The van der Waals surface area contributed by atoms with Gasteiger partial charge in [0.2, 0.25) is 0 Å². The molecular formula is C9H18ClNO. The maximum Gasteiger partial charge on any atom is 0.0870 e. The van der Waals surface area contributed by atoms with Gasteiger partial charge >= 0.3 is 0 Å². The molecule has 0 rings (SSSR count). The third kappa shape index (κ3) is 8.02. The second-order valence-corrected chi connectivity index (χ2v) is 3.16. The normalized spacial score (nSPS) is 13.9. The highest BCUT2D eigenvalue weighted by Crippen LogP contribution is 1.96. The van der Waals surface area contributed by atoms with Crippen LogP contribution in [-0.2, 0) is 0 Å². The van der Waals surface area contributed by atoms with Gasteiger partial charge in [0, 0.05) is 0 Å². The van der Waals surface area contributed by atoms with Crippen molar-refractivity contribution in [3.8, 4) is 0 Å². The molecule has 3 heteroatoms. The number of alkyl halides is 1. The molecule has 0 radical (unpaired) electrons. The second-order valence-electron chi connectivity index (χ2n) is 2.85. The van der Waals surface area contributed by atoms with Crippen molar-refractivity contribution < 1.29 is 5.11 Å². The molecule has 2 nitrogen and oxygen atoms in total. The molecule has 0 aliphatic rings. The van der Waals surface area contributed by atoms with Crippen LogP contribution in [0.15, 0.2) is 4.99 Å². The van der Waals surface area contributed by atoms with Crippen molar-refractivity contribution >= 4 is 17.8 Å². The molecular weight excluding hydrogens is 174 g/mol. The van der Waals surface area contributed by atoms with E-state index in [9.17, 15) is 0 Å². The Hall–Kier alpha value is -0.0800. The number of rotatable bonds is 7. The molecule has 0 saturated carbocycles. The fraction of sp³-hybridized carbons (Fsp3) is 0.889. The van der Waals surface area contributed by atoms with Crippen LogP contribution in [0.3, 0.4) is 0 Å². The summed E-state index contributed by atoms with van der Waals surface area (Å²) >= 11 is 5.39. The number of aliphatic imine (C=N–C) groups is 1. The Bertz CT molecular complexity index is 117. The molecule has 72 valence electrons. The van der Waals surface area contributed by atoms with E-state index in [0.29, 0.717) is 6.54 Å². The molecule has 0 aromatic rings. The average molecular weight is 192 g/mol. The monoisotopic (exact) mass is 191 g/mol. The Kier molecular flexibility index (Phi) is 8.95. The Labute approximate surface area is 79.7 Å².